The quantitative estimate of drug-likeness (QED) is 0.513. The molecule has 0 heterocycles. The first kappa shape index (κ1) is 14.9. The minimum atomic E-state index is -0.592. The van der Waals surface area contributed by atoms with Gasteiger partial charge in [0.2, 0.25) is 0 Å². The van der Waals surface area contributed by atoms with E-state index in [0.717, 1.165) is 32.2 Å². The van der Waals surface area contributed by atoms with Crippen LogP contribution in [-0.4, -0.2) is 35.5 Å². The molecule has 0 fully saturated rings. The molecule has 0 aromatic rings. The van der Waals surface area contributed by atoms with Crippen LogP contribution in [0.2, 0.25) is 0 Å². The molecule has 0 spiro atoms. The Morgan fingerprint density at radius 2 is 1.87 bits per heavy atom. The molecule has 3 heteroatoms. The predicted octanol–water partition coefficient (Wildman–Crippen LogP) is 1.54. The average molecular weight is 217 g/mol. The fraction of sp³-hybridized carbons (Fsp3) is 1.00. The maximum absolute atomic E-state index is 9.99. The lowest BCUT2D eigenvalue weighted by Crippen LogP contribution is -2.39. The first-order valence-corrected chi connectivity index (χ1v) is 6.02. The summed E-state index contributed by atoms with van der Waals surface area (Å²) in [5.41, 5.74) is -0.592. The van der Waals surface area contributed by atoms with E-state index in [2.05, 4.69) is 19.2 Å². The Balaban J connectivity index is 3.40. The van der Waals surface area contributed by atoms with Crippen LogP contribution >= 0.6 is 0 Å². The molecule has 0 aliphatic carbocycles. The van der Waals surface area contributed by atoms with E-state index in [-0.39, 0.29) is 6.61 Å². The smallest absolute Gasteiger partial charge is 0.0746 e. The maximum Gasteiger partial charge on any atom is 0.0746 e. The molecule has 0 aromatic carbocycles. The van der Waals surface area contributed by atoms with Crippen LogP contribution in [0.25, 0.3) is 0 Å². The van der Waals surface area contributed by atoms with Crippen LogP contribution in [0.3, 0.4) is 0 Å². The second-order valence-electron chi connectivity index (χ2n) is 5.06. The highest BCUT2D eigenvalue weighted by atomic mass is 16.3. The number of aliphatic hydroxyl groups is 2. The van der Waals surface area contributed by atoms with Crippen molar-refractivity contribution in [3.63, 3.8) is 0 Å². The van der Waals surface area contributed by atoms with Crippen molar-refractivity contribution < 1.29 is 10.2 Å². The highest BCUT2D eigenvalue weighted by molar-refractivity contribution is 4.76. The maximum atomic E-state index is 9.99. The molecule has 0 aliphatic rings. The zero-order chi connectivity index (χ0) is 11.7. The Hall–Kier alpha value is -0.120. The van der Waals surface area contributed by atoms with Gasteiger partial charge in [0.1, 0.15) is 0 Å². The predicted molar refractivity (Wildman–Crippen MR) is 63.9 cm³/mol. The third-order valence-electron chi connectivity index (χ3n) is 2.37. The molecule has 0 aromatic heterocycles. The van der Waals surface area contributed by atoms with E-state index in [4.69, 9.17) is 5.11 Å². The molecule has 3 nitrogen and oxygen atoms in total. The van der Waals surface area contributed by atoms with Crippen molar-refractivity contribution in [3.05, 3.63) is 0 Å². The zero-order valence-corrected chi connectivity index (χ0v) is 10.4. The number of nitrogens with one attached hydrogen (secondary N) is 1. The summed E-state index contributed by atoms with van der Waals surface area (Å²) in [6, 6.07) is 0. The zero-order valence-electron chi connectivity index (χ0n) is 10.4. The topological polar surface area (TPSA) is 52.5 Å². The van der Waals surface area contributed by atoms with Crippen LogP contribution in [-0.2, 0) is 0 Å². The van der Waals surface area contributed by atoms with Crippen molar-refractivity contribution >= 4 is 0 Å². The van der Waals surface area contributed by atoms with Crippen LogP contribution in [0, 0.1) is 5.92 Å². The average Bonchev–Trinajstić information content (AvgIpc) is 2.08. The molecule has 0 aliphatic heterocycles. The van der Waals surface area contributed by atoms with Gasteiger partial charge in [-0.3, -0.25) is 0 Å². The van der Waals surface area contributed by atoms with Gasteiger partial charge in [-0.25, -0.2) is 0 Å². The summed E-state index contributed by atoms with van der Waals surface area (Å²) in [4.78, 5) is 0. The van der Waals surface area contributed by atoms with Gasteiger partial charge in [0.05, 0.1) is 5.60 Å². The number of unbranched alkanes of at least 4 members (excludes halogenated alkanes) is 2. The minimum Gasteiger partial charge on any atom is -0.396 e. The Morgan fingerprint density at radius 3 is 2.40 bits per heavy atom. The molecule has 1 atom stereocenters. The van der Waals surface area contributed by atoms with Gasteiger partial charge in [-0.1, -0.05) is 13.8 Å². The van der Waals surface area contributed by atoms with Gasteiger partial charge in [-0.2, -0.15) is 0 Å². The molecule has 0 saturated heterocycles. The van der Waals surface area contributed by atoms with Crippen LogP contribution < -0.4 is 5.32 Å². The summed E-state index contributed by atoms with van der Waals surface area (Å²) in [6.45, 7) is 7.99. The van der Waals surface area contributed by atoms with Crippen LogP contribution in [0.15, 0.2) is 0 Å². The molecule has 0 radical (unpaired) electrons. The number of rotatable bonds is 9. The van der Waals surface area contributed by atoms with Gasteiger partial charge in [0.25, 0.3) is 0 Å². The Labute approximate surface area is 93.9 Å². The van der Waals surface area contributed by atoms with E-state index in [1.165, 1.54) is 0 Å². The normalized spacial score (nSPS) is 15.6. The van der Waals surface area contributed by atoms with Crippen molar-refractivity contribution in [2.75, 3.05) is 19.7 Å². The standard InChI is InChI=1S/C12H27NO2/c1-11(2)9-12(3,15)10-13-7-5-4-6-8-14/h11,13-15H,4-10H2,1-3H3. The van der Waals surface area contributed by atoms with E-state index in [9.17, 15) is 5.11 Å². The van der Waals surface area contributed by atoms with Gasteiger partial charge in [-0.15, -0.1) is 0 Å². The van der Waals surface area contributed by atoms with Crippen molar-refractivity contribution in [1.82, 2.24) is 5.32 Å². The second kappa shape index (κ2) is 8.08. The second-order valence-corrected chi connectivity index (χ2v) is 5.06. The van der Waals surface area contributed by atoms with Gasteiger partial charge in [-0.05, 0) is 45.1 Å². The number of aliphatic hydroxyl groups excluding tert-OH is 1. The highest BCUT2D eigenvalue weighted by Gasteiger charge is 2.20. The molecule has 15 heavy (non-hydrogen) atoms. The van der Waals surface area contributed by atoms with Crippen molar-refractivity contribution in [3.8, 4) is 0 Å². The summed E-state index contributed by atoms with van der Waals surface area (Å²) in [5, 5.41) is 21.8. The fourth-order valence-electron chi connectivity index (χ4n) is 1.85. The largest absolute Gasteiger partial charge is 0.396 e. The lowest BCUT2D eigenvalue weighted by atomic mass is 9.94. The minimum absolute atomic E-state index is 0.283. The monoisotopic (exact) mass is 217 g/mol. The first-order valence-electron chi connectivity index (χ1n) is 6.02. The van der Waals surface area contributed by atoms with Crippen LogP contribution in [0.1, 0.15) is 46.5 Å². The third kappa shape index (κ3) is 10.2. The molecular weight excluding hydrogens is 190 g/mol. The molecule has 1 unspecified atom stereocenters. The Kier molecular flexibility index (Phi) is 8.02. The van der Waals surface area contributed by atoms with Crippen LogP contribution in [0.4, 0.5) is 0 Å². The van der Waals surface area contributed by atoms with Gasteiger partial charge >= 0.3 is 0 Å². The summed E-state index contributed by atoms with van der Waals surface area (Å²) in [6.07, 6.45) is 3.83. The van der Waals surface area contributed by atoms with Crippen molar-refractivity contribution in [1.29, 1.82) is 0 Å². The van der Waals surface area contributed by atoms with E-state index in [0.29, 0.717) is 12.5 Å². The Bertz CT molecular complexity index is 147. The molecule has 0 saturated carbocycles. The highest BCUT2D eigenvalue weighted by Crippen LogP contribution is 2.14. The summed E-state index contributed by atoms with van der Waals surface area (Å²) in [7, 11) is 0. The van der Waals surface area contributed by atoms with E-state index in [1.54, 1.807) is 0 Å². The fourth-order valence-corrected chi connectivity index (χ4v) is 1.85. The molecular formula is C12H27NO2. The SMILES string of the molecule is CC(C)CC(C)(O)CNCCCCCO. The first-order chi connectivity index (χ1) is 6.98. The molecule has 3 N–H and O–H groups in total. The van der Waals surface area contributed by atoms with E-state index in [1.807, 2.05) is 6.92 Å². The van der Waals surface area contributed by atoms with E-state index < -0.39 is 5.60 Å². The summed E-state index contributed by atoms with van der Waals surface area (Å²) >= 11 is 0. The van der Waals surface area contributed by atoms with Crippen molar-refractivity contribution in [2.45, 2.75) is 52.1 Å². The lowest BCUT2D eigenvalue weighted by Gasteiger charge is -2.25. The summed E-state index contributed by atoms with van der Waals surface area (Å²) in [5.74, 6) is 0.524. The van der Waals surface area contributed by atoms with Gasteiger partial charge in [0.15, 0.2) is 0 Å². The number of hydrogen-bond acceptors (Lipinski definition) is 3. The number of hydrogen-bond donors (Lipinski definition) is 3. The van der Waals surface area contributed by atoms with Gasteiger partial charge in [0, 0.05) is 13.2 Å². The van der Waals surface area contributed by atoms with E-state index >= 15 is 0 Å². The third-order valence-corrected chi connectivity index (χ3v) is 2.37. The van der Waals surface area contributed by atoms with Crippen LogP contribution in [0.5, 0.6) is 0 Å². The molecule has 0 amide bonds. The summed E-state index contributed by atoms with van der Waals surface area (Å²) < 4.78 is 0. The lowest BCUT2D eigenvalue weighted by molar-refractivity contribution is 0.0387. The molecule has 92 valence electrons. The van der Waals surface area contributed by atoms with Gasteiger partial charge < -0.3 is 15.5 Å². The molecule has 0 rings (SSSR count). The van der Waals surface area contributed by atoms with Crippen molar-refractivity contribution in [2.24, 2.45) is 5.92 Å². The Morgan fingerprint density at radius 1 is 1.20 bits per heavy atom. The molecule has 0 bridgehead atoms.